The zero-order chi connectivity index (χ0) is 54.3. The predicted molar refractivity (Wildman–Crippen MR) is 353 cm³/mol. The molecule has 5 nitrogen and oxygen atoms in total. The second-order valence-corrected chi connectivity index (χ2v) is 23.9. The highest BCUT2D eigenvalue weighted by atomic mass is 32.1. The number of hydrogen-bond acceptors (Lipinski definition) is 4. The molecule has 18 aromatic rings. The second kappa shape index (κ2) is 18.0. The Hall–Kier alpha value is -10.4. The zero-order valence-electron chi connectivity index (χ0n) is 44.5. The molecule has 0 N–H and O–H groups in total. The van der Waals surface area contributed by atoms with Crippen molar-refractivity contribution in [3.05, 3.63) is 273 Å². The van der Waals surface area contributed by atoms with Crippen LogP contribution in [0.1, 0.15) is 0 Å². The van der Waals surface area contributed by atoms with Crippen LogP contribution in [-0.4, -0.2) is 23.7 Å². The molecule has 0 saturated carbocycles. The Morgan fingerprint density at radius 1 is 0.217 bits per heavy atom. The highest BCUT2D eigenvalue weighted by Gasteiger charge is 2.23. The largest absolute Gasteiger partial charge is 0.309 e. The van der Waals surface area contributed by atoms with Crippen molar-refractivity contribution >= 4 is 128 Å². The molecule has 12 aromatic carbocycles. The summed E-state index contributed by atoms with van der Waals surface area (Å²) >= 11 is 3.74. The molecule has 0 spiro atoms. The smallest absolute Gasteiger partial charge is 0.235 e. The van der Waals surface area contributed by atoms with E-state index < -0.39 is 0 Å². The molecule has 0 aliphatic heterocycles. The van der Waals surface area contributed by atoms with Gasteiger partial charge in [-0.2, -0.15) is 0 Å². The van der Waals surface area contributed by atoms with Crippen molar-refractivity contribution in [2.75, 3.05) is 0 Å². The lowest BCUT2D eigenvalue weighted by Gasteiger charge is -2.12. The van der Waals surface area contributed by atoms with E-state index in [0.29, 0.717) is 5.95 Å². The lowest BCUT2D eigenvalue weighted by atomic mass is 9.98. The molecule has 18 rings (SSSR count). The van der Waals surface area contributed by atoms with Crippen molar-refractivity contribution in [3.63, 3.8) is 0 Å². The van der Waals surface area contributed by atoms with Crippen molar-refractivity contribution < 1.29 is 0 Å². The minimum Gasteiger partial charge on any atom is -0.309 e. The molecular formula is C76H45N5S2. The Balaban J connectivity index is 0.821. The van der Waals surface area contributed by atoms with Gasteiger partial charge in [0.15, 0.2) is 0 Å². The molecule has 6 heterocycles. The third kappa shape index (κ3) is 7.18. The molecule has 0 amide bonds. The summed E-state index contributed by atoms with van der Waals surface area (Å²) in [6.45, 7) is 0. The minimum atomic E-state index is 0.626. The summed E-state index contributed by atoms with van der Waals surface area (Å²) in [6.07, 6.45) is 0. The van der Waals surface area contributed by atoms with Crippen LogP contribution < -0.4 is 0 Å². The summed E-state index contributed by atoms with van der Waals surface area (Å²) in [6, 6.07) is 99.8. The van der Waals surface area contributed by atoms with E-state index in [-0.39, 0.29) is 0 Å². The summed E-state index contributed by atoms with van der Waals surface area (Å²) in [5.41, 5.74) is 17.6. The zero-order valence-corrected chi connectivity index (χ0v) is 46.2. The van der Waals surface area contributed by atoms with E-state index in [1.807, 2.05) is 22.7 Å². The van der Waals surface area contributed by atoms with Crippen molar-refractivity contribution in [3.8, 4) is 62.1 Å². The Bertz CT molecular complexity index is 5610. The summed E-state index contributed by atoms with van der Waals surface area (Å²) < 4.78 is 12.3. The third-order valence-corrected chi connectivity index (χ3v) is 19.3. The number of thiophene rings is 2. The summed E-state index contributed by atoms with van der Waals surface area (Å²) in [5, 5.41) is 12.3. The Morgan fingerprint density at radius 2 is 0.590 bits per heavy atom. The molecule has 0 atom stereocenters. The van der Waals surface area contributed by atoms with Gasteiger partial charge in [-0.3, -0.25) is 4.57 Å². The monoisotopic (exact) mass is 1090 g/mol. The van der Waals surface area contributed by atoms with Gasteiger partial charge in [-0.1, -0.05) is 158 Å². The fraction of sp³-hybridized carbons (Fsp3) is 0. The first-order valence-electron chi connectivity index (χ1n) is 28.1. The maximum Gasteiger partial charge on any atom is 0.235 e. The van der Waals surface area contributed by atoms with Crippen LogP contribution in [0.25, 0.3) is 168 Å². The van der Waals surface area contributed by atoms with Crippen molar-refractivity contribution in [2.24, 2.45) is 0 Å². The lowest BCUT2D eigenvalue weighted by Crippen LogP contribution is -2.04. The van der Waals surface area contributed by atoms with Crippen LogP contribution in [0.3, 0.4) is 0 Å². The molecule has 0 aliphatic carbocycles. The van der Waals surface area contributed by atoms with E-state index >= 15 is 0 Å². The molecule has 83 heavy (non-hydrogen) atoms. The molecule has 6 aromatic heterocycles. The topological polar surface area (TPSA) is 40.6 Å². The van der Waals surface area contributed by atoms with Gasteiger partial charge in [0.25, 0.3) is 0 Å². The molecule has 386 valence electrons. The van der Waals surface area contributed by atoms with E-state index in [0.717, 1.165) is 72.3 Å². The molecule has 7 heteroatoms. The fourth-order valence-electron chi connectivity index (χ4n) is 13.2. The van der Waals surface area contributed by atoms with Crippen LogP contribution in [0.2, 0.25) is 0 Å². The molecule has 0 unspecified atom stereocenters. The van der Waals surface area contributed by atoms with Crippen LogP contribution in [-0.2, 0) is 0 Å². The van der Waals surface area contributed by atoms with Gasteiger partial charge < -0.3 is 9.13 Å². The average Bonchev–Trinajstić information content (AvgIpc) is 4.20. The van der Waals surface area contributed by atoms with E-state index in [2.05, 4.69) is 287 Å². The van der Waals surface area contributed by atoms with Crippen molar-refractivity contribution in [2.45, 2.75) is 0 Å². The standard InChI is InChI=1S/C76H45N5S2/c1-5-17-46(18-6-1)64-45-65(47-19-7-2-8-20-47)78-76(77-64)81-68-34-30-49(37-56(68)59-42-69-58(41-71(59)81)54-25-13-15-27-66(54)79(69)52-21-9-3-10-22-52)51-32-36-74-62(40-51)61-39-50(31-35-73(61)82-74)48-29-33-67-57(38-48)60-44-75-63(55-26-14-16-28-72(55)83-75)43-70(60)80(67)53-23-11-4-12-24-53/h1-45H. The summed E-state index contributed by atoms with van der Waals surface area (Å²) in [5.74, 6) is 0.626. The third-order valence-electron chi connectivity index (χ3n) is 17.0. The molecular weight excluding hydrogens is 1050 g/mol. The Morgan fingerprint density at radius 3 is 1.17 bits per heavy atom. The van der Waals surface area contributed by atoms with Gasteiger partial charge in [-0.15, -0.1) is 22.7 Å². The predicted octanol–water partition coefficient (Wildman–Crippen LogP) is 21.2. The van der Waals surface area contributed by atoms with Gasteiger partial charge in [0.1, 0.15) is 0 Å². The molecule has 0 bridgehead atoms. The Kier molecular flexibility index (Phi) is 10.1. The van der Waals surface area contributed by atoms with Gasteiger partial charge in [0.2, 0.25) is 5.95 Å². The van der Waals surface area contributed by atoms with Crippen LogP contribution in [0.5, 0.6) is 0 Å². The fourth-order valence-corrected chi connectivity index (χ4v) is 15.4. The number of fused-ring (bicyclic) bond motifs is 15. The van der Waals surface area contributed by atoms with Crippen LogP contribution >= 0.6 is 22.7 Å². The number of para-hydroxylation sites is 3. The van der Waals surface area contributed by atoms with Gasteiger partial charge >= 0.3 is 0 Å². The maximum atomic E-state index is 5.44. The molecule has 0 saturated heterocycles. The highest BCUT2D eigenvalue weighted by Crippen LogP contribution is 2.45. The number of nitrogens with zero attached hydrogens (tertiary/aromatic N) is 5. The van der Waals surface area contributed by atoms with Gasteiger partial charge in [0.05, 0.1) is 44.5 Å². The number of aromatic nitrogens is 5. The minimum absolute atomic E-state index is 0.626. The van der Waals surface area contributed by atoms with Gasteiger partial charge in [-0.25, -0.2) is 9.97 Å². The van der Waals surface area contributed by atoms with E-state index in [1.165, 1.54) is 89.6 Å². The second-order valence-electron chi connectivity index (χ2n) is 21.7. The normalized spacial score (nSPS) is 12.1. The van der Waals surface area contributed by atoms with Crippen molar-refractivity contribution in [1.29, 1.82) is 0 Å². The van der Waals surface area contributed by atoms with Crippen LogP contribution in [0, 0.1) is 0 Å². The summed E-state index contributed by atoms with van der Waals surface area (Å²) in [7, 11) is 0. The average molecular weight is 1090 g/mol. The van der Waals surface area contributed by atoms with E-state index in [1.54, 1.807) is 0 Å². The molecule has 0 fully saturated rings. The quantitative estimate of drug-likeness (QED) is 0.160. The van der Waals surface area contributed by atoms with Crippen LogP contribution in [0.15, 0.2) is 273 Å². The first kappa shape index (κ1) is 46.3. The SMILES string of the molecule is c1ccc(-c2cc(-c3ccccc3)nc(-n3c4ccc(-c5ccc6sc7ccc(-c8ccc9c(c8)c8cc%10sc%11ccccc%11c%10cc8n9-c8ccccc8)cc7c6c5)cc4c4cc5c(cc43)c3ccccc3n5-c3ccccc3)n2)cc1. The highest BCUT2D eigenvalue weighted by molar-refractivity contribution is 7.26. The van der Waals surface area contributed by atoms with Crippen LogP contribution in [0.4, 0.5) is 0 Å². The van der Waals surface area contributed by atoms with Crippen molar-refractivity contribution in [1.82, 2.24) is 23.7 Å². The number of rotatable bonds is 7. The Labute approximate surface area is 484 Å². The van der Waals surface area contributed by atoms with E-state index in [4.69, 9.17) is 9.97 Å². The lowest BCUT2D eigenvalue weighted by molar-refractivity contribution is 0.996. The maximum absolute atomic E-state index is 5.44. The summed E-state index contributed by atoms with van der Waals surface area (Å²) in [4.78, 5) is 10.9. The number of benzene rings is 12. The first-order chi connectivity index (χ1) is 41.1. The number of hydrogen-bond donors (Lipinski definition) is 0. The van der Waals surface area contributed by atoms with Gasteiger partial charge in [-0.05, 0) is 138 Å². The van der Waals surface area contributed by atoms with E-state index in [9.17, 15) is 0 Å². The van der Waals surface area contributed by atoms with Gasteiger partial charge in [0, 0.05) is 95.2 Å². The molecule has 0 aliphatic rings. The first-order valence-corrected chi connectivity index (χ1v) is 29.7. The molecule has 0 radical (unpaired) electrons.